The Hall–Kier alpha value is -1.23. The zero-order valence-electron chi connectivity index (χ0n) is 10.7. The van der Waals surface area contributed by atoms with Crippen LogP contribution in [0.15, 0.2) is 42.5 Å². The molecule has 3 nitrogen and oxygen atoms in total. The molecule has 2 aromatic rings. The van der Waals surface area contributed by atoms with Gasteiger partial charge in [0.1, 0.15) is 6.17 Å². The standard InChI is InChI=1S/C14H12Cl3FN2O/c15-14(16,17)13(20-12(21)8-18)19-11-6-5-9-3-1-2-4-10(9)7-11/h1-7,13,19H,8H2,(H,20,21). The van der Waals surface area contributed by atoms with Gasteiger partial charge in [0.2, 0.25) is 3.79 Å². The van der Waals surface area contributed by atoms with Crippen molar-refractivity contribution in [3.8, 4) is 0 Å². The molecule has 112 valence electrons. The number of halogens is 4. The quantitative estimate of drug-likeness (QED) is 0.646. The smallest absolute Gasteiger partial charge is 0.253 e. The maximum absolute atomic E-state index is 12.3. The van der Waals surface area contributed by atoms with Gasteiger partial charge in [0.25, 0.3) is 5.91 Å². The Labute approximate surface area is 136 Å². The Bertz CT molecular complexity index is 645. The van der Waals surface area contributed by atoms with Crippen molar-refractivity contribution in [3.63, 3.8) is 0 Å². The third-order valence-electron chi connectivity index (χ3n) is 2.81. The van der Waals surface area contributed by atoms with Gasteiger partial charge in [-0.2, -0.15) is 0 Å². The van der Waals surface area contributed by atoms with E-state index in [1.807, 2.05) is 36.4 Å². The van der Waals surface area contributed by atoms with Crippen LogP contribution in [0.5, 0.6) is 0 Å². The average molecular weight is 350 g/mol. The highest BCUT2D eigenvalue weighted by molar-refractivity contribution is 6.68. The van der Waals surface area contributed by atoms with Gasteiger partial charge in [-0.25, -0.2) is 4.39 Å². The lowest BCUT2D eigenvalue weighted by atomic mass is 10.1. The Morgan fingerprint density at radius 3 is 2.43 bits per heavy atom. The first-order valence-electron chi connectivity index (χ1n) is 6.07. The summed E-state index contributed by atoms with van der Waals surface area (Å²) in [5, 5.41) is 7.21. The van der Waals surface area contributed by atoms with Gasteiger partial charge < -0.3 is 10.6 Å². The summed E-state index contributed by atoms with van der Waals surface area (Å²) in [5.41, 5.74) is 0.643. The highest BCUT2D eigenvalue weighted by Crippen LogP contribution is 2.31. The highest BCUT2D eigenvalue weighted by Gasteiger charge is 2.34. The molecule has 0 saturated heterocycles. The van der Waals surface area contributed by atoms with Crippen molar-refractivity contribution in [1.82, 2.24) is 5.32 Å². The average Bonchev–Trinajstić information content (AvgIpc) is 2.45. The normalized spacial score (nSPS) is 13.0. The molecule has 0 aromatic heterocycles. The van der Waals surface area contributed by atoms with E-state index in [9.17, 15) is 9.18 Å². The van der Waals surface area contributed by atoms with Crippen LogP contribution in [0.1, 0.15) is 0 Å². The molecule has 0 bridgehead atoms. The predicted octanol–water partition coefficient (Wildman–Crippen LogP) is 4.03. The topological polar surface area (TPSA) is 41.1 Å². The van der Waals surface area contributed by atoms with Crippen LogP contribution in [0.3, 0.4) is 0 Å². The Morgan fingerprint density at radius 2 is 1.81 bits per heavy atom. The molecule has 21 heavy (non-hydrogen) atoms. The molecule has 0 heterocycles. The Kier molecular flexibility index (Phi) is 5.14. The summed E-state index contributed by atoms with van der Waals surface area (Å²) in [4.78, 5) is 11.2. The summed E-state index contributed by atoms with van der Waals surface area (Å²) >= 11 is 17.4. The lowest BCUT2D eigenvalue weighted by molar-refractivity contribution is -0.122. The van der Waals surface area contributed by atoms with Gasteiger partial charge in [0.15, 0.2) is 6.67 Å². The second-order valence-corrected chi connectivity index (χ2v) is 6.75. The molecule has 0 aliphatic carbocycles. The van der Waals surface area contributed by atoms with Crippen LogP contribution in [-0.4, -0.2) is 22.5 Å². The molecule has 2 rings (SSSR count). The minimum Gasteiger partial charge on any atom is -0.362 e. The number of carbonyl (C=O) groups is 1. The number of hydrogen-bond acceptors (Lipinski definition) is 2. The van der Waals surface area contributed by atoms with Crippen LogP contribution < -0.4 is 10.6 Å². The minimum atomic E-state index is -1.82. The number of hydrogen-bond donors (Lipinski definition) is 2. The second-order valence-electron chi connectivity index (χ2n) is 4.38. The van der Waals surface area contributed by atoms with Crippen molar-refractivity contribution in [1.29, 1.82) is 0 Å². The molecule has 0 spiro atoms. The molecule has 1 amide bonds. The zero-order valence-corrected chi connectivity index (χ0v) is 13.0. The molecule has 1 atom stereocenters. The Morgan fingerprint density at radius 1 is 1.14 bits per heavy atom. The summed E-state index contributed by atoms with van der Waals surface area (Å²) in [7, 11) is 0. The van der Waals surface area contributed by atoms with Gasteiger partial charge in [-0.3, -0.25) is 4.79 Å². The van der Waals surface area contributed by atoms with Gasteiger partial charge in [-0.05, 0) is 22.9 Å². The first-order chi connectivity index (χ1) is 9.90. The molecule has 0 fully saturated rings. The van der Waals surface area contributed by atoms with E-state index in [-0.39, 0.29) is 0 Å². The predicted molar refractivity (Wildman–Crippen MR) is 85.8 cm³/mol. The Balaban J connectivity index is 2.23. The monoisotopic (exact) mass is 348 g/mol. The third kappa shape index (κ3) is 4.37. The van der Waals surface area contributed by atoms with Crippen LogP contribution in [0.4, 0.5) is 10.1 Å². The summed E-state index contributed by atoms with van der Waals surface area (Å²) in [5.74, 6) is -0.861. The molecule has 1 unspecified atom stereocenters. The number of benzene rings is 2. The fourth-order valence-electron chi connectivity index (χ4n) is 1.85. The SMILES string of the molecule is O=C(CF)NC(Nc1ccc2ccccc2c1)C(Cl)(Cl)Cl. The number of amides is 1. The maximum atomic E-state index is 12.3. The molecule has 0 aliphatic heterocycles. The number of carbonyl (C=O) groups excluding carboxylic acids is 1. The van der Waals surface area contributed by atoms with E-state index in [1.54, 1.807) is 6.07 Å². The number of fused-ring (bicyclic) bond motifs is 1. The van der Waals surface area contributed by atoms with E-state index in [4.69, 9.17) is 34.8 Å². The van der Waals surface area contributed by atoms with E-state index in [2.05, 4.69) is 10.6 Å². The summed E-state index contributed by atoms with van der Waals surface area (Å²) in [6, 6.07) is 13.3. The molecule has 7 heteroatoms. The fourth-order valence-corrected chi connectivity index (χ4v) is 2.17. The zero-order chi connectivity index (χ0) is 15.5. The van der Waals surface area contributed by atoms with Crippen LogP contribution in [0.2, 0.25) is 0 Å². The van der Waals surface area contributed by atoms with Crippen LogP contribution >= 0.6 is 34.8 Å². The molecule has 2 aromatic carbocycles. The largest absolute Gasteiger partial charge is 0.362 e. The third-order valence-corrected chi connectivity index (χ3v) is 3.47. The van der Waals surface area contributed by atoms with Gasteiger partial charge in [-0.1, -0.05) is 65.1 Å². The van der Waals surface area contributed by atoms with Gasteiger partial charge >= 0.3 is 0 Å². The number of nitrogens with one attached hydrogen (secondary N) is 2. The lowest BCUT2D eigenvalue weighted by Gasteiger charge is -2.27. The van der Waals surface area contributed by atoms with Crippen molar-refractivity contribution in [2.45, 2.75) is 9.96 Å². The molecule has 2 N–H and O–H groups in total. The lowest BCUT2D eigenvalue weighted by Crippen LogP contribution is -2.49. The summed E-state index contributed by atoms with van der Waals surface area (Å²) < 4.78 is 10.5. The maximum Gasteiger partial charge on any atom is 0.253 e. The van der Waals surface area contributed by atoms with Gasteiger partial charge in [0.05, 0.1) is 0 Å². The molecule has 0 aliphatic rings. The molecule has 0 saturated carbocycles. The highest BCUT2D eigenvalue weighted by atomic mass is 35.6. The van der Waals surface area contributed by atoms with E-state index >= 15 is 0 Å². The number of rotatable bonds is 4. The van der Waals surface area contributed by atoms with Crippen molar-refractivity contribution in [2.24, 2.45) is 0 Å². The van der Waals surface area contributed by atoms with Crippen LogP contribution in [0.25, 0.3) is 10.8 Å². The number of alkyl halides is 4. The van der Waals surface area contributed by atoms with Gasteiger partial charge in [0, 0.05) is 5.69 Å². The van der Waals surface area contributed by atoms with E-state index in [0.29, 0.717) is 5.69 Å². The molecule has 0 radical (unpaired) electrons. The first-order valence-corrected chi connectivity index (χ1v) is 7.21. The summed E-state index contributed by atoms with van der Waals surface area (Å²) in [6.07, 6.45) is -1.05. The second kappa shape index (κ2) is 6.69. The van der Waals surface area contributed by atoms with Crippen LogP contribution in [-0.2, 0) is 4.79 Å². The van der Waals surface area contributed by atoms with Crippen molar-refractivity contribution in [2.75, 3.05) is 12.0 Å². The van der Waals surface area contributed by atoms with Crippen molar-refractivity contribution in [3.05, 3.63) is 42.5 Å². The fraction of sp³-hybridized carbons (Fsp3) is 0.214. The molecular weight excluding hydrogens is 338 g/mol. The number of anilines is 1. The van der Waals surface area contributed by atoms with E-state index < -0.39 is 22.5 Å². The molecular formula is C14H12Cl3FN2O. The minimum absolute atomic E-state index is 0.643. The van der Waals surface area contributed by atoms with Gasteiger partial charge in [-0.15, -0.1) is 0 Å². The summed E-state index contributed by atoms with van der Waals surface area (Å²) in [6.45, 7) is -1.18. The van der Waals surface area contributed by atoms with Crippen molar-refractivity contribution >= 4 is 57.2 Å². The van der Waals surface area contributed by atoms with Crippen LogP contribution in [0, 0.1) is 0 Å². The first kappa shape index (κ1) is 16.1. The van der Waals surface area contributed by atoms with E-state index in [1.165, 1.54) is 0 Å². The van der Waals surface area contributed by atoms with Crippen molar-refractivity contribution < 1.29 is 9.18 Å². The van der Waals surface area contributed by atoms with E-state index in [0.717, 1.165) is 10.8 Å².